The highest BCUT2D eigenvalue weighted by molar-refractivity contribution is 5.83. The Morgan fingerprint density at radius 1 is 1.17 bits per heavy atom. The van der Waals surface area contributed by atoms with Gasteiger partial charge in [-0.3, -0.25) is 20.2 Å². The maximum Gasteiger partial charge on any atom is 0.348 e. The van der Waals surface area contributed by atoms with Gasteiger partial charge in [-0.15, -0.1) is 0 Å². The maximum atomic E-state index is 10.9. The maximum absolute atomic E-state index is 10.9. The number of aryl methyl sites for hydroxylation is 2. The van der Waals surface area contributed by atoms with Crippen LogP contribution in [0.25, 0.3) is 11.0 Å². The fourth-order valence-corrected chi connectivity index (χ4v) is 2.33. The number of nitro groups is 2. The lowest BCUT2D eigenvalue weighted by Gasteiger charge is -1.99. The average molecular weight is 248 g/mol. The molecule has 0 atom stereocenters. The first-order valence-corrected chi connectivity index (χ1v) is 5.40. The molecule has 0 aliphatic carbocycles. The number of aromatic nitrogens is 2. The minimum absolute atomic E-state index is 0.446. The SMILES string of the molecule is O=[N+]([O-])c1cc2nc3n(c2cc1[N+](=O)[O-])CCC3. The second-order valence-corrected chi connectivity index (χ2v) is 4.13. The van der Waals surface area contributed by atoms with Crippen LogP contribution in [0.2, 0.25) is 0 Å². The van der Waals surface area contributed by atoms with Crippen molar-refractivity contribution in [2.24, 2.45) is 0 Å². The predicted octanol–water partition coefficient (Wildman–Crippen LogP) is 1.80. The molecule has 0 unspecified atom stereocenters. The van der Waals surface area contributed by atoms with E-state index in [1.54, 1.807) is 0 Å². The number of imidazole rings is 1. The lowest BCUT2D eigenvalue weighted by atomic mass is 10.2. The Bertz CT molecular complexity index is 691. The number of nitro benzene ring substituents is 2. The molecule has 1 aromatic carbocycles. The fraction of sp³-hybridized carbons (Fsp3) is 0.300. The summed E-state index contributed by atoms with van der Waals surface area (Å²) in [5, 5.41) is 21.7. The van der Waals surface area contributed by atoms with E-state index in [4.69, 9.17) is 0 Å². The van der Waals surface area contributed by atoms with Gasteiger partial charge in [-0.1, -0.05) is 0 Å². The van der Waals surface area contributed by atoms with Crippen LogP contribution in [-0.4, -0.2) is 19.4 Å². The van der Waals surface area contributed by atoms with E-state index in [1.807, 2.05) is 4.57 Å². The molecule has 0 saturated carbocycles. The summed E-state index contributed by atoms with van der Waals surface area (Å²) in [5.41, 5.74) is 0.0492. The molecule has 3 rings (SSSR count). The number of hydrogen-bond acceptors (Lipinski definition) is 5. The van der Waals surface area contributed by atoms with Crippen molar-refractivity contribution in [1.29, 1.82) is 0 Å². The Kier molecular flexibility index (Phi) is 2.06. The third-order valence-corrected chi connectivity index (χ3v) is 3.10. The fourth-order valence-electron chi connectivity index (χ4n) is 2.33. The largest absolute Gasteiger partial charge is 0.348 e. The zero-order valence-corrected chi connectivity index (χ0v) is 9.20. The van der Waals surface area contributed by atoms with Crippen LogP contribution in [0.5, 0.6) is 0 Å². The summed E-state index contributed by atoms with van der Waals surface area (Å²) in [7, 11) is 0. The van der Waals surface area contributed by atoms with Crippen molar-refractivity contribution in [3.63, 3.8) is 0 Å². The molecule has 0 bridgehead atoms. The van der Waals surface area contributed by atoms with Gasteiger partial charge in [0.05, 0.1) is 26.9 Å². The summed E-state index contributed by atoms with van der Waals surface area (Å²) in [5.74, 6) is 0.833. The van der Waals surface area contributed by atoms with Gasteiger partial charge in [-0.25, -0.2) is 4.98 Å². The lowest BCUT2D eigenvalue weighted by molar-refractivity contribution is -0.422. The van der Waals surface area contributed by atoms with E-state index in [1.165, 1.54) is 12.1 Å². The molecule has 8 nitrogen and oxygen atoms in total. The minimum atomic E-state index is -0.748. The van der Waals surface area contributed by atoms with Crippen LogP contribution >= 0.6 is 0 Å². The first kappa shape index (κ1) is 10.6. The summed E-state index contributed by atoms with van der Waals surface area (Å²) < 4.78 is 1.88. The highest BCUT2D eigenvalue weighted by atomic mass is 16.6. The summed E-state index contributed by atoms with van der Waals surface area (Å²) in [6.07, 6.45) is 1.75. The average Bonchev–Trinajstić information content (AvgIpc) is 2.86. The van der Waals surface area contributed by atoms with E-state index in [-0.39, 0.29) is 0 Å². The van der Waals surface area contributed by atoms with Crippen LogP contribution in [-0.2, 0) is 13.0 Å². The van der Waals surface area contributed by atoms with E-state index < -0.39 is 21.2 Å². The van der Waals surface area contributed by atoms with E-state index in [9.17, 15) is 20.2 Å². The van der Waals surface area contributed by atoms with Crippen molar-refractivity contribution in [3.05, 3.63) is 38.2 Å². The first-order valence-electron chi connectivity index (χ1n) is 5.40. The third kappa shape index (κ3) is 1.35. The van der Waals surface area contributed by atoms with Crippen LogP contribution in [0.3, 0.4) is 0 Å². The van der Waals surface area contributed by atoms with Crippen LogP contribution in [0, 0.1) is 20.2 Å². The topological polar surface area (TPSA) is 104 Å². The molecule has 1 aromatic heterocycles. The monoisotopic (exact) mass is 248 g/mol. The molecular formula is C10H8N4O4. The van der Waals surface area contributed by atoms with Gasteiger partial charge in [0.25, 0.3) is 0 Å². The summed E-state index contributed by atoms with van der Waals surface area (Å²) in [6.45, 7) is 0.751. The van der Waals surface area contributed by atoms with E-state index in [0.717, 1.165) is 25.2 Å². The molecule has 92 valence electrons. The van der Waals surface area contributed by atoms with E-state index in [2.05, 4.69) is 4.98 Å². The van der Waals surface area contributed by atoms with Crippen LogP contribution in [0.1, 0.15) is 12.2 Å². The van der Waals surface area contributed by atoms with Gasteiger partial charge in [-0.2, -0.15) is 0 Å². The third-order valence-electron chi connectivity index (χ3n) is 3.10. The second-order valence-electron chi connectivity index (χ2n) is 4.13. The molecule has 0 saturated heterocycles. The molecule has 1 aliphatic heterocycles. The molecule has 0 radical (unpaired) electrons. The van der Waals surface area contributed by atoms with E-state index in [0.29, 0.717) is 11.0 Å². The van der Waals surface area contributed by atoms with Crippen molar-refractivity contribution in [2.45, 2.75) is 19.4 Å². The minimum Gasteiger partial charge on any atom is -0.328 e. The van der Waals surface area contributed by atoms with Crippen LogP contribution < -0.4 is 0 Å². The van der Waals surface area contributed by atoms with Crippen LogP contribution in [0.15, 0.2) is 12.1 Å². The number of benzene rings is 1. The zero-order chi connectivity index (χ0) is 12.9. The molecule has 2 aromatic rings. The molecule has 0 N–H and O–H groups in total. The highest BCUT2D eigenvalue weighted by Crippen LogP contribution is 2.33. The Balaban J connectivity index is 2.34. The number of nitrogens with zero attached hydrogens (tertiary/aromatic N) is 4. The summed E-state index contributed by atoms with van der Waals surface area (Å²) in [6, 6.07) is 2.42. The van der Waals surface area contributed by atoms with Gasteiger partial charge in [0.15, 0.2) is 0 Å². The molecular weight excluding hydrogens is 240 g/mol. The Morgan fingerprint density at radius 3 is 2.50 bits per heavy atom. The van der Waals surface area contributed by atoms with Gasteiger partial charge >= 0.3 is 11.4 Å². The van der Waals surface area contributed by atoms with Gasteiger partial charge in [0.1, 0.15) is 5.82 Å². The number of fused-ring (bicyclic) bond motifs is 3. The Labute approximate surface area is 100 Å². The molecule has 0 fully saturated rings. The Hall–Kier alpha value is -2.51. The van der Waals surface area contributed by atoms with Crippen LogP contribution in [0.4, 0.5) is 11.4 Å². The highest BCUT2D eigenvalue weighted by Gasteiger charge is 2.28. The molecule has 18 heavy (non-hydrogen) atoms. The quantitative estimate of drug-likeness (QED) is 0.595. The van der Waals surface area contributed by atoms with Crippen molar-refractivity contribution in [3.8, 4) is 0 Å². The molecule has 0 amide bonds. The van der Waals surface area contributed by atoms with Gasteiger partial charge < -0.3 is 4.57 Å². The Morgan fingerprint density at radius 2 is 1.83 bits per heavy atom. The predicted molar refractivity (Wildman–Crippen MR) is 61.4 cm³/mol. The standard InChI is InChI=1S/C10H8N4O4/c15-13(16)8-4-6-7(5-9(8)14(17)18)12-3-1-2-10(12)11-6/h4-5H,1-3H2. The molecule has 2 heterocycles. The number of hydrogen-bond donors (Lipinski definition) is 0. The molecule has 8 heteroatoms. The zero-order valence-electron chi connectivity index (χ0n) is 9.20. The van der Waals surface area contributed by atoms with Gasteiger partial charge in [-0.05, 0) is 6.42 Å². The first-order chi connectivity index (χ1) is 8.58. The second kappa shape index (κ2) is 3.49. The van der Waals surface area contributed by atoms with Crippen molar-refractivity contribution < 1.29 is 9.85 Å². The van der Waals surface area contributed by atoms with Gasteiger partial charge in [0.2, 0.25) is 0 Å². The molecule has 1 aliphatic rings. The van der Waals surface area contributed by atoms with Crippen molar-refractivity contribution >= 4 is 22.4 Å². The smallest absolute Gasteiger partial charge is 0.328 e. The van der Waals surface area contributed by atoms with Crippen molar-refractivity contribution in [1.82, 2.24) is 9.55 Å². The number of rotatable bonds is 2. The van der Waals surface area contributed by atoms with Gasteiger partial charge in [0, 0.05) is 19.0 Å². The summed E-state index contributed by atoms with van der Waals surface area (Å²) >= 11 is 0. The normalized spacial score (nSPS) is 13.8. The summed E-state index contributed by atoms with van der Waals surface area (Å²) in [4.78, 5) is 24.5. The lowest BCUT2D eigenvalue weighted by Crippen LogP contribution is -1.98. The molecule has 0 spiro atoms. The van der Waals surface area contributed by atoms with E-state index >= 15 is 0 Å². The van der Waals surface area contributed by atoms with Crippen molar-refractivity contribution in [2.75, 3.05) is 0 Å².